The fourth-order valence-electron chi connectivity index (χ4n) is 1.91. The summed E-state index contributed by atoms with van der Waals surface area (Å²) in [6, 6.07) is 10.3. The van der Waals surface area contributed by atoms with Gasteiger partial charge < -0.3 is 9.84 Å². The molecule has 1 aromatic rings. The highest BCUT2D eigenvalue weighted by atomic mass is 16.5. The van der Waals surface area contributed by atoms with Crippen molar-refractivity contribution in [3.05, 3.63) is 35.9 Å². The average molecular weight is 178 g/mol. The molecule has 0 saturated carbocycles. The van der Waals surface area contributed by atoms with Crippen LogP contribution in [0.3, 0.4) is 0 Å². The van der Waals surface area contributed by atoms with Crippen LogP contribution in [0.1, 0.15) is 17.9 Å². The van der Waals surface area contributed by atoms with Gasteiger partial charge in [0.2, 0.25) is 0 Å². The molecule has 1 aliphatic rings. The lowest BCUT2D eigenvalue weighted by Crippen LogP contribution is -2.18. The Morgan fingerprint density at radius 1 is 1.31 bits per heavy atom. The smallest absolute Gasteiger partial charge is 0.0874 e. The van der Waals surface area contributed by atoms with Crippen LogP contribution in [0.4, 0.5) is 0 Å². The second-order valence-electron chi connectivity index (χ2n) is 3.40. The molecule has 2 nitrogen and oxygen atoms in total. The predicted octanol–water partition coefficient (Wildman–Crippen LogP) is 1.55. The number of aliphatic hydroxyl groups excluding tert-OH is 1. The van der Waals surface area contributed by atoms with Gasteiger partial charge in [0.25, 0.3) is 0 Å². The summed E-state index contributed by atoms with van der Waals surface area (Å²) in [5.41, 5.74) is 1.28. The van der Waals surface area contributed by atoms with Crippen molar-refractivity contribution in [2.45, 2.75) is 18.4 Å². The fourth-order valence-corrected chi connectivity index (χ4v) is 1.91. The third kappa shape index (κ3) is 1.74. The Hall–Kier alpha value is -0.860. The molecule has 0 spiro atoms. The Labute approximate surface area is 78.2 Å². The van der Waals surface area contributed by atoms with Gasteiger partial charge >= 0.3 is 0 Å². The van der Waals surface area contributed by atoms with Crippen molar-refractivity contribution < 1.29 is 9.84 Å². The summed E-state index contributed by atoms with van der Waals surface area (Å²) in [6.07, 6.45) is 1.03. The first-order valence-electron chi connectivity index (χ1n) is 4.69. The van der Waals surface area contributed by atoms with Gasteiger partial charge in [-0.1, -0.05) is 30.3 Å². The molecule has 0 unspecified atom stereocenters. The van der Waals surface area contributed by atoms with Gasteiger partial charge in [0.1, 0.15) is 0 Å². The average Bonchev–Trinajstić information content (AvgIpc) is 2.67. The minimum absolute atomic E-state index is 0.00222. The maximum atomic E-state index is 9.07. The van der Waals surface area contributed by atoms with Gasteiger partial charge in [-0.2, -0.15) is 0 Å². The van der Waals surface area contributed by atoms with Crippen LogP contribution in [0.5, 0.6) is 0 Å². The first kappa shape index (κ1) is 8.73. The quantitative estimate of drug-likeness (QED) is 0.744. The lowest BCUT2D eigenvalue weighted by atomic mass is 9.93. The summed E-state index contributed by atoms with van der Waals surface area (Å²) in [7, 11) is 0. The van der Waals surface area contributed by atoms with Gasteiger partial charge in [-0.15, -0.1) is 0 Å². The topological polar surface area (TPSA) is 29.5 Å². The summed E-state index contributed by atoms with van der Waals surface area (Å²) < 4.78 is 5.42. The molecule has 0 bridgehead atoms. The molecule has 0 radical (unpaired) electrons. The van der Waals surface area contributed by atoms with Crippen LogP contribution in [0.25, 0.3) is 0 Å². The first-order valence-corrected chi connectivity index (χ1v) is 4.69. The predicted molar refractivity (Wildman–Crippen MR) is 50.6 cm³/mol. The fraction of sp³-hybridized carbons (Fsp3) is 0.455. The van der Waals surface area contributed by atoms with Crippen molar-refractivity contribution in [1.29, 1.82) is 0 Å². The molecular weight excluding hydrogens is 164 g/mol. The van der Waals surface area contributed by atoms with Crippen molar-refractivity contribution in [1.82, 2.24) is 0 Å². The lowest BCUT2D eigenvalue weighted by Gasteiger charge is -2.15. The van der Waals surface area contributed by atoms with Gasteiger partial charge in [-0.3, -0.25) is 0 Å². The molecule has 1 heterocycles. The molecule has 70 valence electrons. The van der Waals surface area contributed by atoms with Crippen LogP contribution in [-0.2, 0) is 4.74 Å². The Balaban J connectivity index is 2.16. The van der Waals surface area contributed by atoms with E-state index in [2.05, 4.69) is 12.1 Å². The molecule has 1 N–H and O–H groups in total. The molecule has 1 aliphatic heterocycles. The zero-order chi connectivity index (χ0) is 9.10. The van der Waals surface area contributed by atoms with E-state index < -0.39 is 0 Å². The van der Waals surface area contributed by atoms with Gasteiger partial charge in [0.05, 0.1) is 12.7 Å². The van der Waals surface area contributed by atoms with Gasteiger partial charge in [-0.25, -0.2) is 0 Å². The maximum Gasteiger partial charge on any atom is 0.0874 e. The van der Waals surface area contributed by atoms with Crippen molar-refractivity contribution >= 4 is 0 Å². The molecule has 1 aromatic carbocycles. The van der Waals surface area contributed by atoms with Gasteiger partial charge in [-0.05, 0) is 12.0 Å². The van der Waals surface area contributed by atoms with Crippen LogP contribution in [0.2, 0.25) is 0 Å². The summed E-state index contributed by atoms with van der Waals surface area (Å²) >= 11 is 0. The molecule has 1 fully saturated rings. The number of hydrogen-bond acceptors (Lipinski definition) is 2. The SMILES string of the molecule is OC[C@H]1OCC[C@@H]1c1ccccc1. The molecule has 0 aromatic heterocycles. The summed E-state index contributed by atoms with van der Waals surface area (Å²) in [5, 5.41) is 9.07. The number of hydrogen-bond donors (Lipinski definition) is 1. The largest absolute Gasteiger partial charge is 0.394 e. The minimum atomic E-state index is 0.00222. The van der Waals surface area contributed by atoms with Crippen LogP contribution in [-0.4, -0.2) is 24.4 Å². The van der Waals surface area contributed by atoms with Crippen LogP contribution in [0, 0.1) is 0 Å². The molecule has 1 saturated heterocycles. The lowest BCUT2D eigenvalue weighted by molar-refractivity contribution is 0.0519. The normalized spacial score (nSPS) is 27.8. The molecule has 2 heteroatoms. The monoisotopic (exact) mass is 178 g/mol. The summed E-state index contributed by atoms with van der Waals surface area (Å²) in [4.78, 5) is 0. The molecule has 13 heavy (non-hydrogen) atoms. The molecular formula is C11H14O2. The molecule has 2 rings (SSSR count). The number of rotatable bonds is 2. The third-order valence-electron chi connectivity index (χ3n) is 2.62. The molecule has 0 aliphatic carbocycles. The maximum absolute atomic E-state index is 9.07. The number of benzene rings is 1. The Morgan fingerprint density at radius 2 is 2.08 bits per heavy atom. The second-order valence-corrected chi connectivity index (χ2v) is 3.40. The van der Waals surface area contributed by atoms with E-state index in [0.717, 1.165) is 13.0 Å². The van der Waals surface area contributed by atoms with E-state index in [1.54, 1.807) is 0 Å². The van der Waals surface area contributed by atoms with Crippen molar-refractivity contribution in [2.24, 2.45) is 0 Å². The van der Waals surface area contributed by atoms with E-state index >= 15 is 0 Å². The number of aliphatic hydroxyl groups is 1. The third-order valence-corrected chi connectivity index (χ3v) is 2.62. The van der Waals surface area contributed by atoms with E-state index in [1.165, 1.54) is 5.56 Å². The second kappa shape index (κ2) is 3.90. The highest BCUT2D eigenvalue weighted by Gasteiger charge is 2.28. The van der Waals surface area contributed by atoms with Crippen LogP contribution >= 0.6 is 0 Å². The van der Waals surface area contributed by atoms with E-state index in [1.807, 2.05) is 18.2 Å². The molecule has 2 atom stereocenters. The zero-order valence-corrected chi connectivity index (χ0v) is 7.52. The van der Waals surface area contributed by atoms with Gasteiger partial charge in [0.15, 0.2) is 0 Å². The Kier molecular flexibility index (Phi) is 2.62. The molecule has 0 amide bonds. The van der Waals surface area contributed by atoms with E-state index in [4.69, 9.17) is 9.84 Å². The zero-order valence-electron chi connectivity index (χ0n) is 7.52. The van der Waals surface area contributed by atoms with Crippen LogP contribution < -0.4 is 0 Å². The summed E-state index contributed by atoms with van der Waals surface area (Å²) in [5.74, 6) is 0.381. The van der Waals surface area contributed by atoms with Crippen molar-refractivity contribution in [3.63, 3.8) is 0 Å². The van der Waals surface area contributed by atoms with E-state index in [0.29, 0.717) is 5.92 Å². The summed E-state index contributed by atoms with van der Waals surface area (Å²) in [6.45, 7) is 0.893. The highest BCUT2D eigenvalue weighted by Crippen LogP contribution is 2.30. The van der Waals surface area contributed by atoms with Crippen LogP contribution in [0.15, 0.2) is 30.3 Å². The minimum Gasteiger partial charge on any atom is -0.394 e. The highest BCUT2D eigenvalue weighted by molar-refractivity contribution is 5.21. The van der Waals surface area contributed by atoms with Crippen molar-refractivity contribution in [3.8, 4) is 0 Å². The number of ether oxygens (including phenoxy) is 1. The van der Waals surface area contributed by atoms with E-state index in [9.17, 15) is 0 Å². The Bertz CT molecular complexity index is 258. The first-order chi connectivity index (χ1) is 6.42. The van der Waals surface area contributed by atoms with Gasteiger partial charge in [0, 0.05) is 12.5 Å². The standard InChI is InChI=1S/C11H14O2/c12-8-11-10(6-7-13-11)9-4-2-1-3-5-9/h1-5,10-12H,6-8H2/t10-,11-/m1/s1. The van der Waals surface area contributed by atoms with E-state index in [-0.39, 0.29) is 12.7 Å². The Morgan fingerprint density at radius 3 is 2.77 bits per heavy atom. The van der Waals surface area contributed by atoms with Crippen molar-refractivity contribution in [2.75, 3.05) is 13.2 Å².